The van der Waals surface area contributed by atoms with Crippen molar-refractivity contribution < 1.29 is 17.6 Å². The van der Waals surface area contributed by atoms with Crippen LogP contribution >= 0.6 is 11.6 Å². The maximum atomic E-state index is 13.9. The third-order valence-electron chi connectivity index (χ3n) is 5.15. The Morgan fingerprint density at radius 2 is 1.46 bits per heavy atom. The maximum absolute atomic E-state index is 13.9. The zero-order valence-corrected chi connectivity index (χ0v) is 14.9. The number of hydrogen-bond donors (Lipinski definition) is 0. The SMILES string of the molecule is C=CC1CCC(c2ccc(-c3cc(F)c(C(F)(F)Cl)c(F)c3)cc2)CC1. The van der Waals surface area contributed by atoms with Crippen molar-refractivity contribution in [3.05, 3.63) is 71.8 Å². The van der Waals surface area contributed by atoms with Gasteiger partial charge in [-0.3, -0.25) is 0 Å². The number of hydrogen-bond acceptors (Lipinski definition) is 0. The Morgan fingerprint density at radius 3 is 1.92 bits per heavy atom. The summed E-state index contributed by atoms with van der Waals surface area (Å²) < 4.78 is 54.0. The van der Waals surface area contributed by atoms with Gasteiger partial charge in [-0.05, 0) is 77.9 Å². The summed E-state index contributed by atoms with van der Waals surface area (Å²) in [5.41, 5.74) is 0.530. The van der Waals surface area contributed by atoms with Gasteiger partial charge in [0.05, 0.1) is 0 Å². The summed E-state index contributed by atoms with van der Waals surface area (Å²) in [7, 11) is 0. The molecular formula is C21H19ClF4. The molecule has 0 atom stereocenters. The van der Waals surface area contributed by atoms with Gasteiger partial charge in [0.2, 0.25) is 0 Å². The van der Waals surface area contributed by atoms with E-state index in [-0.39, 0.29) is 5.56 Å². The van der Waals surface area contributed by atoms with Gasteiger partial charge in [-0.2, -0.15) is 8.78 Å². The molecule has 0 aromatic heterocycles. The van der Waals surface area contributed by atoms with Gasteiger partial charge >= 0.3 is 5.38 Å². The molecule has 2 aromatic rings. The van der Waals surface area contributed by atoms with Gasteiger partial charge in [0.15, 0.2) is 0 Å². The van der Waals surface area contributed by atoms with E-state index >= 15 is 0 Å². The molecule has 0 aliphatic heterocycles. The van der Waals surface area contributed by atoms with Gasteiger partial charge in [0.25, 0.3) is 0 Å². The molecule has 1 saturated carbocycles. The van der Waals surface area contributed by atoms with Gasteiger partial charge in [-0.1, -0.05) is 30.3 Å². The van der Waals surface area contributed by atoms with Crippen LogP contribution in [0.2, 0.25) is 0 Å². The zero-order chi connectivity index (χ0) is 18.9. The first-order valence-corrected chi connectivity index (χ1v) is 8.96. The Balaban J connectivity index is 1.82. The Kier molecular flexibility index (Phi) is 5.42. The smallest absolute Gasteiger partial charge is 0.206 e. The van der Waals surface area contributed by atoms with Crippen LogP contribution in [0.5, 0.6) is 0 Å². The molecular weight excluding hydrogens is 364 g/mol. The van der Waals surface area contributed by atoms with E-state index < -0.39 is 22.6 Å². The second-order valence-corrected chi connectivity index (χ2v) is 7.26. The van der Waals surface area contributed by atoms with E-state index in [0.717, 1.165) is 37.8 Å². The third kappa shape index (κ3) is 3.96. The fourth-order valence-corrected chi connectivity index (χ4v) is 3.83. The molecule has 138 valence electrons. The first kappa shape index (κ1) is 19.0. The molecule has 0 unspecified atom stereocenters. The Bertz CT molecular complexity index is 762. The van der Waals surface area contributed by atoms with Crippen LogP contribution in [-0.2, 0) is 5.38 Å². The molecule has 0 N–H and O–H groups in total. The highest BCUT2D eigenvalue weighted by atomic mass is 35.5. The van der Waals surface area contributed by atoms with Crippen LogP contribution in [0.25, 0.3) is 11.1 Å². The molecule has 5 heteroatoms. The van der Waals surface area contributed by atoms with Crippen LogP contribution in [0.3, 0.4) is 0 Å². The number of halogens is 5. The maximum Gasteiger partial charge on any atom is 0.353 e. The molecule has 2 aromatic carbocycles. The number of rotatable bonds is 4. The molecule has 1 aliphatic rings. The van der Waals surface area contributed by atoms with Crippen LogP contribution in [0.4, 0.5) is 17.6 Å². The van der Waals surface area contributed by atoms with E-state index in [4.69, 9.17) is 11.6 Å². The Hall–Kier alpha value is -1.81. The van der Waals surface area contributed by atoms with Gasteiger partial charge in [0, 0.05) is 0 Å². The van der Waals surface area contributed by atoms with Gasteiger partial charge in [-0.15, -0.1) is 6.58 Å². The highest BCUT2D eigenvalue weighted by molar-refractivity contribution is 6.21. The van der Waals surface area contributed by atoms with E-state index in [9.17, 15) is 17.6 Å². The van der Waals surface area contributed by atoms with Crippen LogP contribution < -0.4 is 0 Å². The first-order chi connectivity index (χ1) is 12.3. The van der Waals surface area contributed by atoms with E-state index in [2.05, 4.69) is 6.58 Å². The summed E-state index contributed by atoms with van der Waals surface area (Å²) in [6.07, 6.45) is 6.40. The predicted octanol–water partition coefficient (Wildman–Crippen LogP) is 7.38. The summed E-state index contributed by atoms with van der Waals surface area (Å²) in [4.78, 5) is 0. The molecule has 0 saturated heterocycles. The topological polar surface area (TPSA) is 0 Å². The number of benzene rings is 2. The summed E-state index contributed by atoms with van der Waals surface area (Å²) in [5, 5.41) is -4.08. The van der Waals surface area contributed by atoms with Crippen molar-refractivity contribution >= 4 is 11.6 Å². The minimum absolute atomic E-state index is 0.201. The molecule has 1 aliphatic carbocycles. The van der Waals surface area contributed by atoms with Crippen molar-refractivity contribution in [3.8, 4) is 11.1 Å². The monoisotopic (exact) mass is 382 g/mol. The minimum Gasteiger partial charge on any atom is -0.206 e. The lowest BCUT2D eigenvalue weighted by molar-refractivity contribution is 0.0859. The third-order valence-corrected chi connectivity index (χ3v) is 5.34. The van der Waals surface area contributed by atoms with Crippen molar-refractivity contribution in [2.75, 3.05) is 0 Å². The summed E-state index contributed by atoms with van der Waals surface area (Å²) >= 11 is 4.78. The van der Waals surface area contributed by atoms with Crippen LogP contribution in [0, 0.1) is 17.6 Å². The predicted molar refractivity (Wildman–Crippen MR) is 96.4 cm³/mol. The lowest BCUT2D eigenvalue weighted by Gasteiger charge is -2.27. The molecule has 1 fully saturated rings. The molecule has 0 heterocycles. The van der Waals surface area contributed by atoms with Crippen LogP contribution in [0.1, 0.15) is 42.7 Å². The van der Waals surface area contributed by atoms with E-state index in [1.807, 2.05) is 18.2 Å². The largest absolute Gasteiger partial charge is 0.353 e. The second kappa shape index (κ2) is 7.43. The molecule has 0 radical (unpaired) electrons. The fourth-order valence-electron chi connectivity index (χ4n) is 3.65. The highest BCUT2D eigenvalue weighted by Gasteiger charge is 2.35. The molecule has 0 amide bonds. The van der Waals surface area contributed by atoms with Gasteiger partial charge < -0.3 is 0 Å². The lowest BCUT2D eigenvalue weighted by Crippen LogP contribution is -2.11. The fraction of sp³-hybridized carbons (Fsp3) is 0.333. The van der Waals surface area contributed by atoms with Crippen molar-refractivity contribution in [1.29, 1.82) is 0 Å². The van der Waals surface area contributed by atoms with Crippen molar-refractivity contribution in [2.24, 2.45) is 5.92 Å². The Morgan fingerprint density at radius 1 is 0.923 bits per heavy atom. The number of allylic oxidation sites excluding steroid dienone is 1. The van der Waals surface area contributed by atoms with Crippen LogP contribution in [-0.4, -0.2) is 0 Å². The van der Waals surface area contributed by atoms with E-state index in [1.54, 1.807) is 12.1 Å². The highest BCUT2D eigenvalue weighted by Crippen LogP contribution is 2.39. The van der Waals surface area contributed by atoms with Gasteiger partial charge in [-0.25, -0.2) is 8.78 Å². The molecule has 3 rings (SSSR count). The lowest BCUT2D eigenvalue weighted by atomic mass is 9.78. The van der Waals surface area contributed by atoms with Gasteiger partial charge in [0.1, 0.15) is 17.2 Å². The van der Waals surface area contributed by atoms with E-state index in [1.165, 1.54) is 5.56 Å². The summed E-state index contributed by atoms with van der Waals surface area (Å²) in [5.74, 6) is -1.67. The molecule has 0 nitrogen and oxygen atoms in total. The molecule has 0 bridgehead atoms. The van der Waals surface area contributed by atoms with Crippen molar-refractivity contribution in [2.45, 2.75) is 37.0 Å². The quantitative estimate of drug-likeness (QED) is 0.294. The zero-order valence-electron chi connectivity index (χ0n) is 14.1. The Labute approximate surface area is 155 Å². The molecule has 0 spiro atoms. The second-order valence-electron chi connectivity index (χ2n) is 6.78. The summed E-state index contributed by atoms with van der Waals surface area (Å²) in [6.45, 7) is 3.85. The van der Waals surface area contributed by atoms with E-state index in [0.29, 0.717) is 17.4 Å². The average molecular weight is 383 g/mol. The minimum atomic E-state index is -4.08. The molecule has 26 heavy (non-hydrogen) atoms. The number of alkyl halides is 3. The first-order valence-electron chi connectivity index (χ1n) is 8.58. The van der Waals surface area contributed by atoms with Crippen molar-refractivity contribution in [3.63, 3.8) is 0 Å². The average Bonchev–Trinajstić information content (AvgIpc) is 2.60. The van der Waals surface area contributed by atoms with Crippen LogP contribution in [0.15, 0.2) is 49.1 Å². The standard InChI is InChI=1S/C21H19ClF4/c1-2-13-3-5-14(6-4-13)15-7-9-16(10-8-15)17-11-18(23)20(19(24)12-17)21(22,25)26/h2,7-14H,1,3-6H2. The summed E-state index contributed by atoms with van der Waals surface area (Å²) in [6, 6.07) is 9.18. The van der Waals surface area contributed by atoms with Crippen molar-refractivity contribution in [1.82, 2.24) is 0 Å². The normalized spacial score (nSPS) is 20.8.